The van der Waals surface area contributed by atoms with Gasteiger partial charge in [-0.05, 0) is 78.1 Å². The topological polar surface area (TPSA) is 35.5 Å². The first-order valence-corrected chi connectivity index (χ1v) is 9.67. The Bertz CT molecular complexity index is 845. The van der Waals surface area contributed by atoms with Crippen LogP contribution >= 0.6 is 22.6 Å². The SMILES string of the molecule is CCOC(=O)c1cccc(C2CC2)c1COc1ccc(I)cc1C(F)(F)F. The second kappa shape index (κ2) is 8.08. The van der Waals surface area contributed by atoms with Crippen LogP contribution in [0, 0.1) is 3.57 Å². The zero-order chi connectivity index (χ0) is 19.6. The van der Waals surface area contributed by atoms with Gasteiger partial charge in [0.1, 0.15) is 12.4 Å². The Morgan fingerprint density at radius 1 is 1.22 bits per heavy atom. The van der Waals surface area contributed by atoms with Crippen molar-refractivity contribution in [1.29, 1.82) is 0 Å². The van der Waals surface area contributed by atoms with E-state index in [1.165, 1.54) is 6.07 Å². The first kappa shape index (κ1) is 20.0. The first-order chi connectivity index (χ1) is 12.8. The van der Waals surface area contributed by atoms with Crippen molar-refractivity contribution in [2.24, 2.45) is 0 Å². The second-order valence-electron chi connectivity index (χ2n) is 6.30. The van der Waals surface area contributed by atoms with Gasteiger partial charge in [-0.1, -0.05) is 12.1 Å². The van der Waals surface area contributed by atoms with E-state index in [-0.39, 0.29) is 19.0 Å². The first-order valence-electron chi connectivity index (χ1n) is 8.59. The number of benzene rings is 2. The predicted octanol–water partition coefficient (Wildman–Crippen LogP) is 5.94. The average Bonchev–Trinajstić information content (AvgIpc) is 3.44. The summed E-state index contributed by atoms with van der Waals surface area (Å²) in [6.45, 7) is 1.81. The monoisotopic (exact) mass is 490 g/mol. The minimum atomic E-state index is -4.52. The molecule has 0 spiro atoms. The number of rotatable bonds is 6. The fraction of sp³-hybridized carbons (Fsp3) is 0.350. The van der Waals surface area contributed by atoms with E-state index in [1.54, 1.807) is 25.1 Å². The van der Waals surface area contributed by atoms with E-state index in [2.05, 4.69) is 0 Å². The van der Waals surface area contributed by atoms with E-state index < -0.39 is 17.7 Å². The Morgan fingerprint density at radius 3 is 2.59 bits per heavy atom. The number of alkyl halides is 3. The summed E-state index contributed by atoms with van der Waals surface area (Å²) in [6.07, 6.45) is -2.52. The number of esters is 1. The van der Waals surface area contributed by atoms with E-state index in [1.807, 2.05) is 28.7 Å². The molecule has 0 unspecified atom stereocenters. The van der Waals surface area contributed by atoms with Crippen LogP contribution in [0.3, 0.4) is 0 Å². The maximum atomic E-state index is 13.3. The van der Waals surface area contributed by atoms with E-state index in [0.717, 1.165) is 24.5 Å². The zero-order valence-electron chi connectivity index (χ0n) is 14.6. The Morgan fingerprint density at radius 2 is 1.96 bits per heavy atom. The van der Waals surface area contributed by atoms with Gasteiger partial charge in [0.15, 0.2) is 0 Å². The van der Waals surface area contributed by atoms with Crippen molar-refractivity contribution in [3.63, 3.8) is 0 Å². The maximum absolute atomic E-state index is 13.3. The Hall–Kier alpha value is -1.77. The lowest BCUT2D eigenvalue weighted by molar-refractivity contribution is -0.139. The third-order valence-corrected chi connectivity index (χ3v) is 5.01. The third-order valence-electron chi connectivity index (χ3n) is 4.34. The van der Waals surface area contributed by atoms with Crippen molar-refractivity contribution in [3.8, 4) is 5.75 Å². The molecule has 0 N–H and O–H groups in total. The summed E-state index contributed by atoms with van der Waals surface area (Å²) < 4.78 is 51.1. The lowest BCUT2D eigenvalue weighted by Crippen LogP contribution is -2.14. The van der Waals surface area contributed by atoms with Gasteiger partial charge in [-0.2, -0.15) is 13.2 Å². The molecule has 1 aliphatic carbocycles. The molecule has 0 aliphatic heterocycles. The molecule has 0 atom stereocenters. The Kier molecular flexibility index (Phi) is 5.98. The normalized spacial score (nSPS) is 14.1. The molecule has 0 bridgehead atoms. The van der Waals surface area contributed by atoms with Crippen LogP contribution in [0.4, 0.5) is 13.2 Å². The molecule has 2 aromatic carbocycles. The molecule has 0 heterocycles. The highest BCUT2D eigenvalue weighted by Gasteiger charge is 2.35. The van der Waals surface area contributed by atoms with E-state index in [4.69, 9.17) is 9.47 Å². The van der Waals surface area contributed by atoms with Gasteiger partial charge in [-0.3, -0.25) is 0 Å². The number of carbonyl (C=O) groups is 1. The summed E-state index contributed by atoms with van der Waals surface area (Å²) in [5.41, 5.74) is 1.07. The number of halogens is 4. The quantitative estimate of drug-likeness (QED) is 0.372. The van der Waals surface area contributed by atoms with Crippen molar-refractivity contribution in [2.75, 3.05) is 6.61 Å². The molecule has 3 rings (SSSR count). The molecular weight excluding hydrogens is 472 g/mol. The highest BCUT2D eigenvalue weighted by molar-refractivity contribution is 14.1. The molecular formula is C20H18F3IO3. The predicted molar refractivity (Wildman–Crippen MR) is 103 cm³/mol. The highest BCUT2D eigenvalue weighted by Crippen LogP contribution is 2.43. The van der Waals surface area contributed by atoms with Crippen LogP contribution in [0.25, 0.3) is 0 Å². The van der Waals surface area contributed by atoms with Crippen LogP contribution < -0.4 is 4.74 Å². The summed E-state index contributed by atoms with van der Waals surface area (Å²) in [4.78, 5) is 12.3. The summed E-state index contributed by atoms with van der Waals surface area (Å²) >= 11 is 1.83. The van der Waals surface area contributed by atoms with Crippen LogP contribution in [0.15, 0.2) is 36.4 Å². The van der Waals surface area contributed by atoms with E-state index in [9.17, 15) is 18.0 Å². The molecule has 0 amide bonds. The molecule has 0 aromatic heterocycles. The van der Waals surface area contributed by atoms with Gasteiger partial charge in [-0.15, -0.1) is 0 Å². The molecule has 1 saturated carbocycles. The number of ether oxygens (including phenoxy) is 2. The highest BCUT2D eigenvalue weighted by atomic mass is 127. The van der Waals surface area contributed by atoms with Crippen molar-refractivity contribution >= 4 is 28.6 Å². The fourth-order valence-corrected chi connectivity index (χ4v) is 3.43. The lowest BCUT2D eigenvalue weighted by atomic mass is 9.98. The summed E-state index contributed by atoms with van der Waals surface area (Å²) in [6, 6.07) is 9.22. The zero-order valence-corrected chi connectivity index (χ0v) is 16.8. The van der Waals surface area contributed by atoms with Gasteiger partial charge in [0.2, 0.25) is 0 Å². The molecule has 144 valence electrons. The van der Waals surface area contributed by atoms with Gasteiger partial charge in [-0.25, -0.2) is 4.79 Å². The molecule has 1 aliphatic rings. The Balaban J connectivity index is 1.93. The van der Waals surface area contributed by atoms with Crippen LogP contribution in [-0.2, 0) is 17.5 Å². The molecule has 1 fully saturated rings. The number of carbonyl (C=O) groups excluding carboxylic acids is 1. The van der Waals surface area contributed by atoms with Crippen molar-refractivity contribution in [2.45, 2.75) is 38.5 Å². The van der Waals surface area contributed by atoms with Gasteiger partial charge >= 0.3 is 12.1 Å². The molecule has 0 saturated heterocycles. The van der Waals surface area contributed by atoms with Crippen LogP contribution in [0.5, 0.6) is 5.75 Å². The van der Waals surface area contributed by atoms with Crippen molar-refractivity contribution in [1.82, 2.24) is 0 Å². The van der Waals surface area contributed by atoms with Gasteiger partial charge in [0.25, 0.3) is 0 Å². The molecule has 2 aromatic rings. The molecule has 27 heavy (non-hydrogen) atoms. The second-order valence-corrected chi connectivity index (χ2v) is 7.54. The number of hydrogen-bond donors (Lipinski definition) is 0. The summed E-state index contributed by atoms with van der Waals surface area (Å²) in [5, 5.41) is 0. The standard InChI is InChI=1S/C20H18F3IO3/c1-2-26-19(25)15-5-3-4-14(12-6-7-12)16(15)11-27-18-9-8-13(24)10-17(18)20(21,22)23/h3-5,8-10,12H,2,6-7,11H2,1H3. The molecule has 0 radical (unpaired) electrons. The van der Waals surface area contributed by atoms with E-state index >= 15 is 0 Å². The Labute approximate surface area is 169 Å². The number of hydrogen-bond acceptors (Lipinski definition) is 3. The van der Waals surface area contributed by atoms with Crippen LogP contribution in [-0.4, -0.2) is 12.6 Å². The smallest absolute Gasteiger partial charge is 0.419 e. The molecule has 3 nitrogen and oxygen atoms in total. The average molecular weight is 490 g/mol. The van der Waals surface area contributed by atoms with Gasteiger partial charge in [0, 0.05) is 9.13 Å². The van der Waals surface area contributed by atoms with Crippen molar-refractivity contribution < 1.29 is 27.4 Å². The van der Waals surface area contributed by atoms with E-state index in [0.29, 0.717) is 20.6 Å². The van der Waals surface area contributed by atoms with Gasteiger partial charge in [0.05, 0.1) is 17.7 Å². The lowest BCUT2D eigenvalue weighted by Gasteiger charge is -2.17. The fourth-order valence-electron chi connectivity index (χ4n) is 2.94. The third kappa shape index (κ3) is 4.75. The largest absolute Gasteiger partial charge is 0.488 e. The van der Waals surface area contributed by atoms with Crippen LogP contribution in [0.2, 0.25) is 0 Å². The van der Waals surface area contributed by atoms with Crippen molar-refractivity contribution in [3.05, 3.63) is 62.2 Å². The van der Waals surface area contributed by atoms with Gasteiger partial charge < -0.3 is 9.47 Å². The summed E-state index contributed by atoms with van der Waals surface area (Å²) in [7, 11) is 0. The van der Waals surface area contributed by atoms with Crippen LogP contribution in [0.1, 0.15) is 52.7 Å². The molecule has 7 heteroatoms. The minimum absolute atomic E-state index is 0.121. The minimum Gasteiger partial charge on any atom is -0.488 e. The summed E-state index contributed by atoms with van der Waals surface area (Å²) in [5.74, 6) is -0.419. The maximum Gasteiger partial charge on any atom is 0.419 e.